The summed E-state index contributed by atoms with van der Waals surface area (Å²) < 4.78 is 0. The van der Waals surface area contributed by atoms with Crippen LogP contribution in [0.25, 0.3) is 0 Å². The Morgan fingerprint density at radius 2 is 1.86 bits per heavy atom. The van der Waals surface area contributed by atoms with Gasteiger partial charge in [-0.2, -0.15) is 0 Å². The van der Waals surface area contributed by atoms with E-state index in [0.717, 1.165) is 37.8 Å². The number of hydrogen-bond acceptors (Lipinski definition) is 6. The second kappa shape index (κ2) is 7.40. The second-order valence-corrected chi connectivity index (χ2v) is 6.08. The molecule has 2 rings (SSSR count). The molecule has 1 aliphatic heterocycles. The van der Waals surface area contributed by atoms with Gasteiger partial charge in [-0.15, -0.1) is 0 Å². The summed E-state index contributed by atoms with van der Waals surface area (Å²) in [4.78, 5) is 27.1. The highest BCUT2D eigenvalue weighted by atomic mass is 16.2. The molecule has 0 aliphatic carbocycles. The fraction of sp³-hybridized carbons (Fsp3) is 0.667. The van der Waals surface area contributed by atoms with Crippen molar-refractivity contribution in [2.75, 3.05) is 56.6 Å². The number of aromatic nitrogens is 2. The molecule has 0 saturated carbocycles. The van der Waals surface area contributed by atoms with Crippen molar-refractivity contribution < 1.29 is 4.79 Å². The Balaban J connectivity index is 1.91. The Bertz CT molecular complexity index is 497. The summed E-state index contributed by atoms with van der Waals surface area (Å²) in [6, 6.07) is 0.191. The summed E-state index contributed by atoms with van der Waals surface area (Å²) >= 11 is 0. The molecular weight excluding hydrogens is 280 g/mol. The van der Waals surface area contributed by atoms with E-state index in [1.165, 1.54) is 0 Å². The van der Waals surface area contributed by atoms with E-state index in [4.69, 9.17) is 0 Å². The van der Waals surface area contributed by atoms with Crippen LogP contribution in [-0.2, 0) is 4.79 Å². The van der Waals surface area contributed by atoms with Crippen molar-refractivity contribution >= 4 is 17.5 Å². The largest absolute Gasteiger partial charge is 0.360 e. The van der Waals surface area contributed by atoms with Crippen LogP contribution in [0.15, 0.2) is 12.4 Å². The van der Waals surface area contributed by atoms with E-state index < -0.39 is 0 Å². The lowest BCUT2D eigenvalue weighted by molar-refractivity contribution is -0.122. The highest BCUT2D eigenvalue weighted by molar-refractivity contribution is 5.78. The van der Waals surface area contributed by atoms with E-state index in [2.05, 4.69) is 25.1 Å². The molecule has 2 heterocycles. The smallest absolute Gasteiger partial charge is 0.234 e. The first kappa shape index (κ1) is 16.5. The molecule has 0 unspecified atom stereocenters. The highest BCUT2D eigenvalue weighted by Gasteiger charge is 2.22. The van der Waals surface area contributed by atoms with Crippen LogP contribution in [0.5, 0.6) is 0 Å². The minimum absolute atomic E-state index is 0.0944. The molecule has 1 saturated heterocycles. The summed E-state index contributed by atoms with van der Waals surface area (Å²) in [6.07, 6.45) is 3.44. The molecule has 0 radical (unpaired) electrons. The maximum absolute atomic E-state index is 11.8. The minimum atomic E-state index is 0.0944. The van der Waals surface area contributed by atoms with Crippen LogP contribution in [0, 0.1) is 0 Å². The zero-order valence-corrected chi connectivity index (χ0v) is 13.9. The van der Waals surface area contributed by atoms with Crippen molar-refractivity contribution in [2.24, 2.45) is 0 Å². The third-order valence-electron chi connectivity index (χ3n) is 3.57. The molecule has 1 aromatic rings. The Hall–Kier alpha value is -1.89. The summed E-state index contributed by atoms with van der Waals surface area (Å²) in [5.74, 6) is 1.89. The van der Waals surface area contributed by atoms with E-state index in [9.17, 15) is 4.79 Å². The SMILES string of the molecule is CC(C)NC(=O)CN1CCN(c2nccnc2N(C)C)CC1. The number of nitrogens with zero attached hydrogens (tertiary/aromatic N) is 5. The molecule has 1 amide bonds. The fourth-order valence-electron chi connectivity index (χ4n) is 2.55. The molecule has 22 heavy (non-hydrogen) atoms. The number of nitrogens with one attached hydrogen (secondary N) is 1. The molecule has 1 aliphatic rings. The van der Waals surface area contributed by atoms with Crippen LogP contribution < -0.4 is 15.1 Å². The summed E-state index contributed by atoms with van der Waals surface area (Å²) in [7, 11) is 3.94. The average molecular weight is 306 g/mol. The molecule has 1 fully saturated rings. The molecule has 0 aromatic carbocycles. The first-order chi connectivity index (χ1) is 10.5. The van der Waals surface area contributed by atoms with Gasteiger partial charge in [-0.05, 0) is 13.8 Å². The number of carbonyl (C=O) groups is 1. The van der Waals surface area contributed by atoms with Gasteiger partial charge in [-0.3, -0.25) is 9.69 Å². The van der Waals surface area contributed by atoms with Crippen LogP contribution in [0.1, 0.15) is 13.8 Å². The number of hydrogen-bond donors (Lipinski definition) is 1. The zero-order chi connectivity index (χ0) is 16.1. The normalized spacial score (nSPS) is 16.0. The van der Waals surface area contributed by atoms with Gasteiger partial charge in [-0.25, -0.2) is 9.97 Å². The van der Waals surface area contributed by atoms with Gasteiger partial charge in [0.05, 0.1) is 6.54 Å². The van der Waals surface area contributed by atoms with E-state index in [1.807, 2.05) is 32.8 Å². The van der Waals surface area contributed by atoms with E-state index in [1.54, 1.807) is 12.4 Å². The van der Waals surface area contributed by atoms with Crippen LogP contribution in [-0.4, -0.2) is 73.6 Å². The monoisotopic (exact) mass is 306 g/mol. The molecular formula is C15H26N6O. The van der Waals surface area contributed by atoms with Crippen LogP contribution in [0.2, 0.25) is 0 Å². The molecule has 1 N–H and O–H groups in total. The van der Waals surface area contributed by atoms with Crippen LogP contribution in [0.4, 0.5) is 11.6 Å². The number of anilines is 2. The topological polar surface area (TPSA) is 64.6 Å². The molecule has 7 nitrogen and oxygen atoms in total. The summed E-state index contributed by atoms with van der Waals surface area (Å²) in [6.45, 7) is 7.85. The second-order valence-electron chi connectivity index (χ2n) is 6.08. The van der Waals surface area contributed by atoms with Gasteiger partial charge in [0.25, 0.3) is 0 Å². The third-order valence-corrected chi connectivity index (χ3v) is 3.57. The number of piperazine rings is 1. The lowest BCUT2D eigenvalue weighted by Gasteiger charge is -2.36. The average Bonchev–Trinajstić information content (AvgIpc) is 2.47. The van der Waals surface area contributed by atoms with Crippen molar-refractivity contribution in [2.45, 2.75) is 19.9 Å². The highest BCUT2D eigenvalue weighted by Crippen LogP contribution is 2.23. The molecule has 122 valence electrons. The van der Waals surface area contributed by atoms with Crippen LogP contribution >= 0.6 is 0 Å². The predicted molar refractivity (Wildman–Crippen MR) is 88.3 cm³/mol. The van der Waals surface area contributed by atoms with Gasteiger partial charge >= 0.3 is 0 Å². The lowest BCUT2D eigenvalue weighted by atomic mass is 10.3. The first-order valence-corrected chi connectivity index (χ1v) is 7.72. The van der Waals surface area contributed by atoms with Crippen molar-refractivity contribution in [3.05, 3.63) is 12.4 Å². The standard InChI is InChI=1S/C15H26N6O/c1-12(2)18-13(22)11-20-7-9-21(10-8-20)15-14(19(3)4)16-5-6-17-15/h5-6,12H,7-11H2,1-4H3,(H,18,22). The fourth-order valence-corrected chi connectivity index (χ4v) is 2.55. The van der Waals surface area contributed by atoms with Gasteiger partial charge in [-0.1, -0.05) is 0 Å². The lowest BCUT2D eigenvalue weighted by Crippen LogP contribution is -2.50. The van der Waals surface area contributed by atoms with Crippen molar-refractivity contribution in [3.8, 4) is 0 Å². The summed E-state index contributed by atoms with van der Waals surface area (Å²) in [5, 5.41) is 2.93. The van der Waals surface area contributed by atoms with Gasteiger partial charge in [0, 0.05) is 58.7 Å². The van der Waals surface area contributed by atoms with Gasteiger partial charge in [0.2, 0.25) is 5.91 Å². The number of amides is 1. The van der Waals surface area contributed by atoms with E-state index in [-0.39, 0.29) is 11.9 Å². The number of carbonyl (C=O) groups excluding carboxylic acids is 1. The number of rotatable bonds is 5. The Labute approximate surface area is 132 Å². The molecule has 7 heteroatoms. The Morgan fingerprint density at radius 1 is 1.23 bits per heavy atom. The molecule has 0 spiro atoms. The molecule has 0 bridgehead atoms. The minimum Gasteiger partial charge on any atom is -0.360 e. The quantitative estimate of drug-likeness (QED) is 0.838. The Morgan fingerprint density at radius 3 is 2.45 bits per heavy atom. The van der Waals surface area contributed by atoms with E-state index >= 15 is 0 Å². The first-order valence-electron chi connectivity index (χ1n) is 7.72. The van der Waals surface area contributed by atoms with Gasteiger partial charge < -0.3 is 15.1 Å². The maximum Gasteiger partial charge on any atom is 0.234 e. The molecule has 0 atom stereocenters. The van der Waals surface area contributed by atoms with Crippen molar-refractivity contribution in [1.82, 2.24) is 20.2 Å². The van der Waals surface area contributed by atoms with Crippen molar-refractivity contribution in [3.63, 3.8) is 0 Å². The van der Waals surface area contributed by atoms with Gasteiger partial charge in [0.1, 0.15) is 0 Å². The third kappa shape index (κ3) is 4.30. The summed E-state index contributed by atoms with van der Waals surface area (Å²) in [5.41, 5.74) is 0. The maximum atomic E-state index is 11.8. The predicted octanol–water partition coefficient (Wildman–Crippen LogP) is 0.189. The van der Waals surface area contributed by atoms with E-state index in [0.29, 0.717) is 6.54 Å². The zero-order valence-electron chi connectivity index (χ0n) is 13.9. The van der Waals surface area contributed by atoms with Gasteiger partial charge in [0.15, 0.2) is 11.6 Å². The van der Waals surface area contributed by atoms with Crippen LogP contribution in [0.3, 0.4) is 0 Å². The van der Waals surface area contributed by atoms with Crippen molar-refractivity contribution in [1.29, 1.82) is 0 Å². The Kier molecular flexibility index (Phi) is 5.54. The molecule has 1 aromatic heterocycles.